The Bertz CT molecular complexity index is 664. The van der Waals surface area contributed by atoms with E-state index < -0.39 is 10.0 Å². The number of nitrogens with zero attached hydrogens (tertiary/aromatic N) is 1. The molecule has 4 rings (SSSR count). The van der Waals surface area contributed by atoms with Crippen molar-refractivity contribution in [2.24, 2.45) is 11.8 Å². The number of hydrogen-bond donors (Lipinski definition) is 1. The Morgan fingerprint density at radius 1 is 1.04 bits per heavy atom. The molecule has 0 radical (unpaired) electrons. The number of benzene rings is 1. The standard InChI is InChI=1S/C20H30N2O2S/c23-25(24,19-6-7-19)21-10-13-22-11-8-16(9-12-22)14-18-15-20(18)17-4-2-1-3-5-17/h1-5,16,18-21H,6-15H2/t18-,20+/m1/s1. The predicted octanol–water partition coefficient (Wildman–Crippen LogP) is 2.97. The lowest BCUT2D eigenvalue weighted by Gasteiger charge is -2.32. The molecule has 5 heteroatoms. The van der Waals surface area contributed by atoms with E-state index in [1.807, 2.05) is 0 Å². The third-order valence-corrected chi connectivity index (χ3v) is 8.14. The van der Waals surface area contributed by atoms with Gasteiger partial charge in [0.05, 0.1) is 5.25 Å². The monoisotopic (exact) mass is 362 g/mol. The highest BCUT2D eigenvalue weighted by Crippen LogP contribution is 2.51. The summed E-state index contributed by atoms with van der Waals surface area (Å²) in [5.74, 6) is 2.55. The molecule has 1 aromatic carbocycles. The van der Waals surface area contributed by atoms with Crippen LogP contribution in [0.2, 0.25) is 0 Å². The minimum absolute atomic E-state index is 0.102. The van der Waals surface area contributed by atoms with Crippen LogP contribution in [0.4, 0.5) is 0 Å². The molecule has 1 aliphatic heterocycles. The van der Waals surface area contributed by atoms with Gasteiger partial charge in [-0.05, 0) is 74.9 Å². The third-order valence-electron chi connectivity index (χ3n) is 6.19. The Morgan fingerprint density at radius 2 is 1.76 bits per heavy atom. The number of sulfonamides is 1. The van der Waals surface area contributed by atoms with E-state index in [0.717, 1.165) is 50.2 Å². The average Bonchev–Trinajstić information content (AvgIpc) is 3.51. The number of rotatable bonds is 8. The van der Waals surface area contributed by atoms with E-state index in [1.54, 1.807) is 0 Å². The summed E-state index contributed by atoms with van der Waals surface area (Å²) in [6, 6.07) is 11.0. The van der Waals surface area contributed by atoms with Crippen LogP contribution in [-0.2, 0) is 10.0 Å². The van der Waals surface area contributed by atoms with Crippen molar-refractivity contribution in [3.05, 3.63) is 35.9 Å². The Morgan fingerprint density at radius 3 is 2.44 bits per heavy atom. The fraction of sp³-hybridized carbons (Fsp3) is 0.700. The molecular weight excluding hydrogens is 332 g/mol. The van der Waals surface area contributed by atoms with Crippen molar-refractivity contribution in [3.63, 3.8) is 0 Å². The summed E-state index contributed by atoms with van der Waals surface area (Å²) in [7, 11) is -3.02. The first-order valence-corrected chi connectivity index (χ1v) is 11.4. The SMILES string of the molecule is O=S(=O)(NCCN1CCC(C[C@@H]2C[C@H]2c2ccccc2)CC1)C1CC1. The maximum Gasteiger partial charge on any atom is 0.214 e. The molecule has 1 aromatic rings. The van der Waals surface area contributed by atoms with Crippen molar-refractivity contribution in [2.45, 2.75) is 49.7 Å². The first-order valence-electron chi connectivity index (χ1n) is 9.87. The van der Waals surface area contributed by atoms with Crippen molar-refractivity contribution >= 4 is 10.0 Å². The summed E-state index contributed by atoms with van der Waals surface area (Å²) in [6.45, 7) is 3.67. The Hall–Kier alpha value is -0.910. The number of nitrogens with one attached hydrogen (secondary N) is 1. The summed E-state index contributed by atoms with van der Waals surface area (Å²) in [5, 5.41) is -0.102. The molecule has 3 aliphatic rings. The molecule has 3 fully saturated rings. The van der Waals surface area contributed by atoms with Crippen LogP contribution in [-0.4, -0.2) is 44.7 Å². The van der Waals surface area contributed by atoms with Crippen molar-refractivity contribution in [3.8, 4) is 0 Å². The number of piperidine rings is 1. The van der Waals surface area contributed by atoms with Gasteiger partial charge in [0, 0.05) is 13.1 Å². The number of likely N-dealkylation sites (tertiary alicyclic amines) is 1. The van der Waals surface area contributed by atoms with Crippen molar-refractivity contribution < 1.29 is 8.42 Å². The summed E-state index contributed by atoms with van der Waals surface area (Å²) < 4.78 is 26.4. The third kappa shape index (κ3) is 4.63. The lowest BCUT2D eigenvalue weighted by atomic mass is 9.90. The van der Waals surface area contributed by atoms with Crippen molar-refractivity contribution in [1.29, 1.82) is 0 Å². The molecular formula is C20H30N2O2S. The fourth-order valence-electron chi connectivity index (χ4n) is 4.33. The van der Waals surface area contributed by atoms with E-state index in [0.29, 0.717) is 6.54 Å². The smallest absolute Gasteiger partial charge is 0.214 e. The van der Waals surface area contributed by atoms with E-state index in [-0.39, 0.29) is 5.25 Å². The molecule has 2 saturated carbocycles. The van der Waals surface area contributed by atoms with Gasteiger partial charge in [-0.1, -0.05) is 30.3 Å². The zero-order chi connectivity index (χ0) is 17.3. The molecule has 2 aliphatic carbocycles. The van der Waals surface area contributed by atoms with Crippen LogP contribution < -0.4 is 4.72 Å². The molecule has 0 aromatic heterocycles. The first-order chi connectivity index (χ1) is 12.1. The number of hydrogen-bond acceptors (Lipinski definition) is 3. The zero-order valence-corrected chi connectivity index (χ0v) is 15.8. The lowest BCUT2D eigenvalue weighted by Crippen LogP contribution is -2.40. The second-order valence-corrected chi connectivity index (χ2v) is 10.2. The van der Waals surface area contributed by atoms with Gasteiger partial charge in [-0.3, -0.25) is 0 Å². The van der Waals surface area contributed by atoms with E-state index >= 15 is 0 Å². The Labute approximate surface area is 152 Å². The summed E-state index contributed by atoms with van der Waals surface area (Å²) >= 11 is 0. The minimum atomic E-state index is -3.02. The van der Waals surface area contributed by atoms with Gasteiger partial charge in [-0.25, -0.2) is 13.1 Å². The topological polar surface area (TPSA) is 49.4 Å². The molecule has 1 N–H and O–H groups in total. The molecule has 1 heterocycles. The highest BCUT2D eigenvalue weighted by molar-refractivity contribution is 7.90. The first kappa shape index (κ1) is 17.5. The Balaban J connectivity index is 1.13. The molecule has 4 nitrogen and oxygen atoms in total. The lowest BCUT2D eigenvalue weighted by molar-refractivity contribution is 0.178. The second kappa shape index (κ2) is 7.37. The highest BCUT2D eigenvalue weighted by atomic mass is 32.2. The van der Waals surface area contributed by atoms with Gasteiger partial charge >= 0.3 is 0 Å². The molecule has 0 bridgehead atoms. The molecule has 1 saturated heterocycles. The van der Waals surface area contributed by atoms with E-state index in [9.17, 15) is 8.42 Å². The van der Waals surface area contributed by atoms with Crippen molar-refractivity contribution in [1.82, 2.24) is 9.62 Å². The molecule has 0 amide bonds. The van der Waals surface area contributed by atoms with Crippen LogP contribution in [0.15, 0.2) is 30.3 Å². The maximum atomic E-state index is 11.8. The van der Waals surface area contributed by atoms with Gasteiger partial charge in [0.1, 0.15) is 0 Å². The molecule has 2 atom stereocenters. The predicted molar refractivity (Wildman–Crippen MR) is 101 cm³/mol. The van der Waals surface area contributed by atoms with Gasteiger partial charge in [-0.15, -0.1) is 0 Å². The average molecular weight is 363 g/mol. The van der Waals surface area contributed by atoms with Gasteiger partial charge < -0.3 is 4.90 Å². The second-order valence-electron chi connectivity index (χ2n) is 8.17. The van der Waals surface area contributed by atoms with Crippen LogP contribution >= 0.6 is 0 Å². The normalized spacial score (nSPS) is 28.2. The molecule has 138 valence electrons. The van der Waals surface area contributed by atoms with Crippen LogP contribution in [0.1, 0.15) is 50.0 Å². The molecule has 0 spiro atoms. The minimum Gasteiger partial charge on any atom is -0.302 e. The zero-order valence-electron chi connectivity index (χ0n) is 14.9. The largest absolute Gasteiger partial charge is 0.302 e. The summed E-state index contributed by atoms with van der Waals surface area (Å²) in [5.41, 5.74) is 1.52. The molecule has 0 unspecified atom stereocenters. The van der Waals surface area contributed by atoms with Gasteiger partial charge in [0.25, 0.3) is 0 Å². The quantitative estimate of drug-likeness (QED) is 0.773. The van der Waals surface area contributed by atoms with E-state index in [4.69, 9.17) is 0 Å². The maximum absolute atomic E-state index is 11.8. The Kier molecular flexibility index (Phi) is 5.16. The van der Waals surface area contributed by atoms with Crippen LogP contribution in [0.5, 0.6) is 0 Å². The summed E-state index contributed by atoms with van der Waals surface area (Å²) in [6.07, 6.45) is 6.97. The van der Waals surface area contributed by atoms with E-state index in [1.165, 1.54) is 31.2 Å². The van der Waals surface area contributed by atoms with E-state index in [2.05, 4.69) is 40.0 Å². The van der Waals surface area contributed by atoms with Crippen LogP contribution in [0.25, 0.3) is 0 Å². The van der Waals surface area contributed by atoms with Gasteiger partial charge in [0.15, 0.2) is 0 Å². The molecule has 25 heavy (non-hydrogen) atoms. The summed E-state index contributed by atoms with van der Waals surface area (Å²) in [4.78, 5) is 2.42. The van der Waals surface area contributed by atoms with Gasteiger partial charge in [0.2, 0.25) is 10.0 Å². The fourth-order valence-corrected chi connectivity index (χ4v) is 5.70. The van der Waals surface area contributed by atoms with Crippen LogP contribution in [0, 0.1) is 11.8 Å². The van der Waals surface area contributed by atoms with Crippen molar-refractivity contribution in [2.75, 3.05) is 26.2 Å². The highest BCUT2D eigenvalue weighted by Gasteiger charge is 2.39. The van der Waals surface area contributed by atoms with Gasteiger partial charge in [-0.2, -0.15) is 0 Å². The van der Waals surface area contributed by atoms with Crippen LogP contribution in [0.3, 0.4) is 0 Å².